The number of rotatable bonds is 2. The lowest BCUT2D eigenvalue weighted by Gasteiger charge is -2.18. The van der Waals surface area contributed by atoms with Crippen molar-refractivity contribution in [1.29, 1.82) is 0 Å². The van der Waals surface area contributed by atoms with E-state index in [0.717, 1.165) is 21.8 Å². The molecule has 3 heteroatoms. The van der Waals surface area contributed by atoms with Gasteiger partial charge in [0.25, 0.3) is 0 Å². The molecule has 3 aromatic rings. The minimum atomic E-state index is -0.235. The number of nitrogens with zero attached hydrogens (tertiary/aromatic N) is 1. The van der Waals surface area contributed by atoms with Crippen LogP contribution in [0.25, 0.3) is 21.8 Å². The lowest BCUT2D eigenvalue weighted by atomic mass is 9.87. The highest BCUT2D eigenvalue weighted by molar-refractivity contribution is 7.13. The first-order valence-corrected chi connectivity index (χ1v) is 8.14. The van der Waals surface area contributed by atoms with Gasteiger partial charge in [-0.3, -0.25) is 0 Å². The third-order valence-corrected chi connectivity index (χ3v) is 4.51. The van der Waals surface area contributed by atoms with E-state index in [9.17, 15) is 4.39 Å². The first-order valence-electron chi connectivity index (χ1n) is 7.26. The van der Waals surface area contributed by atoms with Gasteiger partial charge >= 0.3 is 0 Å². The van der Waals surface area contributed by atoms with Crippen LogP contribution in [0.4, 0.5) is 4.39 Å². The molecule has 0 bridgehead atoms. The second kappa shape index (κ2) is 5.65. The quantitative estimate of drug-likeness (QED) is 0.573. The molecule has 0 aliphatic rings. The molecule has 2 aromatic carbocycles. The minimum absolute atomic E-state index is 0.147. The van der Waals surface area contributed by atoms with Gasteiger partial charge in [0.1, 0.15) is 10.8 Å². The fourth-order valence-electron chi connectivity index (χ4n) is 2.30. The zero-order valence-corrected chi connectivity index (χ0v) is 13.7. The molecule has 1 aromatic heterocycles. The number of hydrogen-bond acceptors (Lipinski definition) is 2. The molecule has 0 aliphatic carbocycles. The summed E-state index contributed by atoms with van der Waals surface area (Å²) in [5, 5.41) is 2.93. The van der Waals surface area contributed by atoms with E-state index in [1.165, 1.54) is 17.7 Å². The van der Waals surface area contributed by atoms with E-state index < -0.39 is 0 Å². The van der Waals surface area contributed by atoms with E-state index in [1.807, 2.05) is 11.4 Å². The van der Waals surface area contributed by atoms with Gasteiger partial charge in [-0.15, -0.1) is 11.3 Å². The molecule has 0 amide bonds. The van der Waals surface area contributed by atoms with Crippen molar-refractivity contribution in [2.24, 2.45) is 0 Å². The average Bonchev–Trinajstić information content (AvgIpc) is 2.96. The molecule has 3 rings (SSSR count). The van der Waals surface area contributed by atoms with Crippen molar-refractivity contribution in [3.63, 3.8) is 0 Å². The standard InChI is InChI=1S/C19H18FNS/c1-19(2,3)15-9-7-13(8-10-15)18-21-17(12-22-18)14-5-4-6-16(20)11-14/h4-12H,1-3H3. The Morgan fingerprint density at radius 3 is 2.32 bits per heavy atom. The van der Waals surface area contributed by atoms with E-state index in [-0.39, 0.29) is 11.2 Å². The molecule has 0 saturated heterocycles. The molecule has 0 aliphatic heterocycles. The van der Waals surface area contributed by atoms with Gasteiger partial charge in [0.2, 0.25) is 0 Å². The third-order valence-electron chi connectivity index (χ3n) is 3.62. The SMILES string of the molecule is CC(C)(C)c1ccc(-c2nc(-c3cccc(F)c3)cs2)cc1. The first-order chi connectivity index (χ1) is 10.4. The Hall–Kier alpha value is -2.00. The van der Waals surface area contributed by atoms with Crippen LogP contribution in [-0.2, 0) is 5.41 Å². The van der Waals surface area contributed by atoms with Gasteiger partial charge in [0.15, 0.2) is 0 Å². The first kappa shape index (κ1) is 14.9. The Balaban J connectivity index is 1.91. The summed E-state index contributed by atoms with van der Waals surface area (Å²) in [6.07, 6.45) is 0. The fraction of sp³-hybridized carbons (Fsp3) is 0.211. The van der Waals surface area contributed by atoms with Crippen LogP contribution in [0.15, 0.2) is 53.9 Å². The summed E-state index contributed by atoms with van der Waals surface area (Å²) in [4.78, 5) is 4.64. The summed E-state index contributed by atoms with van der Waals surface area (Å²) in [7, 11) is 0. The maximum absolute atomic E-state index is 13.3. The van der Waals surface area contributed by atoms with E-state index in [0.29, 0.717) is 0 Å². The van der Waals surface area contributed by atoms with Gasteiger partial charge in [-0.2, -0.15) is 0 Å². The van der Waals surface area contributed by atoms with Crippen LogP contribution in [0, 0.1) is 5.82 Å². The molecule has 1 heterocycles. The van der Waals surface area contributed by atoms with Crippen molar-refractivity contribution in [3.05, 3.63) is 65.3 Å². The number of hydrogen-bond donors (Lipinski definition) is 0. The normalized spacial score (nSPS) is 11.6. The lowest BCUT2D eigenvalue weighted by Crippen LogP contribution is -2.10. The highest BCUT2D eigenvalue weighted by Crippen LogP contribution is 2.31. The van der Waals surface area contributed by atoms with Crippen LogP contribution in [0.1, 0.15) is 26.3 Å². The Kier molecular flexibility index (Phi) is 3.83. The molecular formula is C19H18FNS. The Labute approximate surface area is 134 Å². The molecule has 0 radical (unpaired) electrons. The molecule has 0 unspecified atom stereocenters. The topological polar surface area (TPSA) is 12.9 Å². The van der Waals surface area contributed by atoms with Crippen molar-refractivity contribution in [2.75, 3.05) is 0 Å². The van der Waals surface area contributed by atoms with Crippen molar-refractivity contribution in [2.45, 2.75) is 26.2 Å². The van der Waals surface area contributed by atoms with E-state index in [1.54, 1.807) is 17.4 Å². The predicted octanol–water partition coefficient (Wildman–Crippen LogP) is 5.91. The summed E-state index contributed by atoms with van der Waals surface area (Å²) in [6.45, 7) is 6.61. The summed E-state index contributed by atoms with van der Waals surface area (Å²) in [5.74, 6) is -0.235. The van der Waals surface area contributed by atoms with Gasteiger partial charge in [0.05, 0.1) is 5.69 Å². The van der Waals surface area contributed by atoms with E-state index >= 15 is 0 Å². The van der Waals surface area contributed by atoms with Crippen molar-refractivity contribution in [1.82, 2.24) is 4.98 Å². The van der Waals surface area contributed by atoms with Crippen LogP contribution in [-0.4, -0.2) is 4.98 Å². The smallest absolute Gasteiger partial charge is 0.124 e. The van der Waals surface area contributed by atoms with Gasteiger partial charge in [-0.25, -0.2) is 9.37 Å². The fourth-order valence-corrected chi connectivity index (χ4v) is 3.13. The van der Waals surface area contributed by atoms with Crippen LogP contribution in [0.2, 0.25) is 0 Å². The lowest BCUT2D eigenvalue weighted by molar-refractivity contribution is 0.590. The average molecular weight is 311 g/mol. The Morgan fingerprint density at radius 1 is 0.955 bits per heavy atom. The molecule has 0 N–H and O–H groups in total. The molecule has 1 nitrogen and oxygen atoms in total. The predicted molar refractivity (Wildman–Crippen MR) is 91.6 cm³/mol. The Morgan fingerprint density at radius 2 is 1.68 bits per heavy atom. The number of aromatic nitrogens is 1. The number of thiazole rings is 1. The monoisotopic (exact) mass is 311 g/mol. The van der Waals surface area contributed by atoms with Gasteiger partial charge < -0.3 is 0 Å². The molecule has 0 fully saturated rings. The Bertz CT molecular complexity index is 782. The van der Waals surface area contributed by atoms with Crippen LogP contribution >= 0.6 is 11.3 Å². The highest BCUT2D eigenvalue weighted by Gasteiger charge is 2.14. The van der Waals surface area contributed by atoms with Gasteiger partial charge in [-0.1, -0.05) is 57.2 Å². The van der Waals surface area contributed by atoms with Gasteiger partial charge in [-0.05, 0) is 23.1 Å². The maximum Gasteiger partial charge on any atom is 0.124 e. The molecule has 0 spiro atoms. The molecule has 0 atom stereocenters. The second-order valence-electron chi connectivity index (χ2n) is 6.38. The summed E-state index contributed by atoms with van der Waals surface area (Å²) >= 11 is 1.58. The van der Waals surface area contributed by atoms with Crippen LogP contribution < -0.4 is 0 Å². The summed E-state index contributed by atoms with van der Waals surface area (Å²) in [5.41, 5.74) is 4.18. The second-order valence-corrected chi connectivity index (χ2v) is 7.23. The summed E-state index contributed by atoms with van der Waals surface area (Å²) < 4.78 is 13.3. The minimum Gasteiger partial charge on any atom is -0.236 e. The largest absolute Gasteiger partial charge is 0.236 e. The maximum atomic E-state index is 13.3. The molecule has 0 saturated carbocycles. The van der Waals surface area contributed by atoms with Crippen molar-refractivity contribution in [3.8, 4) is 21.8 Å². The van der Waals surface area contributed by atoms with Crippen molar-refractivity contribution < 1.29 is 4.39 Å². The van der Waals surface area contributed by atoms with Gasteiger partial charge in [0, 0.05) is 16.5 Å². The van der Waals surface area contributed by atoms with Crippen LogP contribution in [0.5, 0.6) is 0 Å². The molecule has 112 valence electrons. The van der Waals surface area contributed by atoms with Crippen LogP contribution in [0.3, 0.4) is 0 Å². The summed E-state index contributed by atoms with van der Waals surface area (Å²) in [6, 6.07) is 15.1. The van der Waals surface area contributed by atoms with Crippen molar-refractivity contribution >= 4 is 11.3 Å². The van der Waals surface area contributed by atoms with E-state index in [2.05, 4.69) is 50.0 Å². The highest BCUT2D eigenvalue weighted by atomic mass is 32.1. The zero-order valence-electron chi connectivity index (χ0n) is 12.9. The molecular weight excluding hydrogens is 293 g/mol. The number of benzene rings is 2. The third kappa shape index (κ3) is 3.09. The molecule has 22 heavy (non-hydrogen) atoms. The number of halogens is 1. The zero-order chi connectivity index (χ0) is 15.7. The van der Waals surface area contributed by atoms with E-state index in [4.69, 9.17) is 0 Å².